The number of rotatable bonds is 3. The topological polar surface area (TPSA) is 28.2 Å². The number of pyridine rings is 1. The Morgan fingerprint density at radius 3 is 2.81 bits per heavy atom. The second kappa shape index (κ2) is 5.41. The van der Waals surface area contributed by atoms with Crippen LogP contribution in [0.3, 0.4) is 0 Å². The highest BCUT2D eigenvalue weighted by molar-refractivity contribution is 5.09. The van der Waals surface area contributed by atoms with Gasteiger partial charge in [-0.25, -0.2) is 0 Å². The third-order valence-electron chi connectivity index (χ3n) is 3.29. The zero-order chi connectivity index (χ0) is 11.4. The van der Waals surface area contributed by atoms with Crippen molar-refractivity contribution in [2.24, 2.45) is 0 Å². The maximum absolute atomic E-state index is 4.55. The molecule has 0 saturated carbocycles. The molecule has 1 fully saturated rings. The van der Waals surface area contributed by atoms with E-state index in [1.807, 2.05) is 13.0 Å². The first-order valence-electron chi connectivity index (χ1n) is 6.09. The highest BCUT2D eigenvalue weighted by Gasteiger charge is 2.17. The van der Waals surface area contributed by atoms with Gasteiger partial charge in [0, 0.05) is 18.3 Å². The third kappa shape index (κ3) is 3.03. The van der Waals surface area contributed by atoms with Crippen molar-refractivity contribution in [1.82, 2.24) is 15.2 Å². The lowest BCUT2D eigenvalue weighted by molar-refractivity contribution is 0.190. The van der Waals surface area contributed by atoms with E-state index in [2.05, 4.69) is 34.4 Å². The van der Waals surface area contributed by atoms with Crippen LogP contribution in [0.5, 0.6) is 0 Å². The predicted octanol–water partition coefficient (Wildman–Crippen LogP) is 1.57. The van der Waals surface area contributed by atoms with E-state index >= 15 is 0 Å². The minimum absolute atomic E-state index is 0.712. The van der Waals surface area contributed by atoms with Crippen LogP contribution in [0, 0.1) is 6.92 Å². The molecule has 0 unspecified atom stereocenters. The Morgan fingerprint density at radius 1 is 1.38 bits per heavy atom. The monoisotopic (exact) mass is 219 g/mol. The molecule has 1 saturated heterocycles. The Kier molecular flexibility index (Phi) is 3.91. The minimum Gasteiger partial charge on any atom is -0.317 e. The van der Waals surface area contributed by atoms with Crippen molar-refractivity contribution >= 4 is 0 Å². The second-order valence-corrected chi connectivity index (χ2v) is 4.67. The van der Waals surface area contributed by atoms with Gasteiger partial charge in [0.05, 0.1) is 5.69 Å². The van der Waals surface area contributed by atoms with E-state index in [0.717, 1.165) is 25.3 Å². The number of hydrogen-bond donors (Lipinski definition) is 1. The molecule has 0 bridgehead atoms. The Labute approximate surface area is 97.9 Å². The van der Waals surface area contributed by atoms with E-state index in [0.29, 0.717) is 6.04 Å². The largest absolute Gasteiger partial charge is 0.317 e. The molecule has 2 heterocycles. The normalized spacial score (nSPS) is 17.9. The molecule has 1 N–H and O–H groups in total. The zero-order valence-electron chi connectivity index (χ0n) is 10.2. The molecule has 0 atom stereocenters. The maximum Gasteiger partial charge on any atom is 0.0547 e. The molecule has 0 aromatic carbocycles. The van der Waals surface area contributed by atoms with Crippen LogP contribution in [0.25, 0.3) is 0 Å². The summed E-state index contributed by atoms with van der Waals surface area (Å²) in [6.45, 7) is 5.31. The first-order valence-corrected chi connectivity index (χ1v) is 6.09. The average molecular weight is 219 g/mol. The van der Waals surface area contributed by atoms with Crippen LogP contribution in [-0.2, 0) is 6.54 Å². The molecule has 1 aliphatic rings. The molecule has 2 rings (SSSR count). The van der Waals surface area contributed by atoms with Gasteiger partial charge in [-0.1, -0.05) is 6.07 Å². The fourth-order valence-electron chi connectivity index (χ4n) is 2.32. The average Bonchev–Trinajstić information content (AvgIpc) is 2.30. The smallest absolute Gasteiger partial charge is 0.0547 e. The number of nitrogens with zero attached hydrogens (tertiary/aromatic N) is 2. The number of aryl methyl sites for hydroxylation is 1. The first-order chi connectivity index (χ1) is 7.75. The van der Waals surface area contributed by atoms with E-state index in [1.165, 1.54) is 18.5 Å². The van der Waals surface area contributed by atoms with E-state index in [4.69, 9.17) is 0 Å². The molecular formula is C13H21N3. The second-order valence-electron chi connectivity index (χ2n) is 4.67. The van der Waals surface area contributed by atoms with Crippen LogP contribution >= 0.6 is 0 Å². The summed E-state index contributed by atoms with van der Waals surface area (Å²) in [5, 5.41) is 3.40. The summed E-state index contributed by atoms with van der Waals surface area (Å²) in [4.78, 5) is 6.98. The molecule has 88 valence electrons. The van der Waals surface area contributed by atoms with Crippen LogP contribution in [0.15, 0.2) is 18.2 Å². The van der Waals surface area contributed by atoms with Gasteiger partial charge in [0.15, 0.2) is 0 Å². The number of piperidine rings is 1. The van der Waals surface area contributed by atoms with Crippen LogP contribution < -0.4 is 5.32 Å². The van der Waals surface area contributed by atoms with Crippen LogP contribution in [0.2, 0.25) is 0 Å². The summed E-state index contributed by atoms with van der Waals surface area (Å²) < 4.78 is 0. The summed E-state index contributed by atoms with van der Waals surface area (Å²) in [5.74, 6) is 0. The Bertz CT molecular complexity index is 332. The maximum atomic E-state index is 4.55. The first kappa shape index (κ1) is 11.6. The molecule has 1 aliphatic heterocycles. The summed E-state index contributed by atoms with van der Waals surface area (Å²) >= 11 is 0. The van der Waals surface area contributed by atoms with Crippen LogP contribution in [0.1, 0.15) is 24.2 Å². The van der Waals surface area contributed by atoms with Gasteiger partial charge in [-0.05, 0) is 52.0 Å². The lowest BCUT2D eigenvalue weighted by Crippen LogP contribution is -2.40. The zero-order valence-corrected chi connectivity index (χ0v) is 10.2. The standard InChI is InChI=1S/C13H21N3/c1-11-4-3-5-12(15-11)10-16(2)13-6-8-14-9-7-13/h3-5,13-14H,6-10H2,1-2H3. The summed E-state index contributed by atoms with van der Waals surface area (Å²) in [6.07, 6.45) is 2.50. The fourth-order valence-corrected chi connectivity index (χ4v) is 2.32. The van der Waals surface area contributed by atoms with Crippen LogP contribution in [-0.4, -0.2) is 36.1 Å². The van der Waals surface area contributed by atoms with E-state index < -0.39 is 0 Å². The van der Waals surface area contributed by atoms with Crippen molar-refractivity contribution in [3.63, 3.8) is 0 Å². The molecular weight excluding hydrogens is 198 g/mol. The minimum atomic E-state index is 0.712. The van der Waals surface area contributed by atoms with Gasteiger partial charge in [0.2, 0.25) is 0 Å². The van der Waals surface area contributed by atoms with Gasteiger partial charge in [0.1, 0.15) is 0 Å². The molecule has 3 nitrogen and oxygen atoms in total. The van der Waals surface area contributed by atoms with Gasteiger partial charge in [-0.2, -0.15) is 0 Å². The Balaban J connectivity index is 1.93. The van der Waals surface area contributed by atoms with Crippen molar-refractivity contribution in [3.05, 3.63) is 29.6 Å². The van der Waals surface area contributed by atoms with E-state index in [1.54, 1.807) is 0 Å². The van der Waals surface area contributed by atoms with Crippen molar-refractivity contribution < 1.29 is 0 Å². The van der Waals surface area contributed by atoms with Crippen LogP contribution in [0.4, 0.5) is 0 Å². The summed E-state index contributed by atoms with van der Waals surface area (Å²) in [6, 6.07) is 6.97. The van der Waals surface area contributed by atoms with Crippen molar-refractivity contribution in [2.75, 3.05) is 20.1 Å². The summed E-state index contributed by atoms with van der Waals surface area (Å²) in [5.41, 5.74) is 2.29. The Morgan fingerprint density at radius 2 is 2.12 bits per heavy atom. The SMILES string of the molecule is Cc1cccc(CN(C)C2CCNCC2)n1. The lowest BCUT2D eigenvalue weighted by atomic mass is 10.1. The van der Waals surface area contributed by atoms with Gasteiger partial charge >= 0.3 is 0 Å². The van der Waals surface area contributed by atoms with E-state index in [9.17, 15) is 0 Å². The number of aromatic nitrogens is 1. The molecule has 0 spiro atoms. The van der Waals surface area contributed by atoms with Crippen molar-refractivity contribution in [1.29, 1.82) is 0 Å². The highest BCUT2D eigenvalue weighted by Crippen LogP contribution is 2.12. The van der Waals surface area contributed by atoms with E-state index in [-0.39, 0.29) is 0 Å². The number of nitrogens with one attached hydrogen (secondary N) is 1. The molecule has 0 amide bonds. The highest BCUT2D eigenvalue weighted by atomic mass is 15.1. The van der Waals surface area contributed by atoms with Gasteiger partial charge in [-0.15, -0.1) is 0 Å². The van der Waals surface area contributed by atoms with Gasteiger partial charge in [-0.3, -0.25) is 9.88 Å². The molecule has 0 aliphatic carbocycles. The van der Waals surface area contributed by atoms with Crippen molar-refractivity contribution in [2.45, 2.75) is 32.4 Å². The quantitative estimate of drug-likeness (QED) is 0.836. The Hall–Kier alpha value is -0.930. The third-order valence-corrected chi connectivity index (χ3v) is 3.29. The number of hydrogen-bond acceptors (Lipinski definition) is 3. The van der Waals surface area contributed by atoms with Crippen molar-refractivity contribution in [3.8, 4) is 0 Å². The van der Waals surface area contributed by atoms with Gasteiger partial charge in [0.25, 0.3) is 0 Å². The molecule has 1 aromatic heterocycles. The molecule has 1 aromatic rings. The molecule has 16 heavy (non-hydrogen) atoms. The van der Waals surface area contributed by atoms with Gasteiger partial charge < -0.3 is 5.32 Å². The predicted molar refractivity (Wildman–Crippen MR) is 66.3 cm³/mol. The summed E-state index contributed by atoms with van der Waals surface area (Å²) in [7, 11) is 2.21. The fraction of sp³-hybridized carbons (Fsp3) is 0.615. The molecule has 3 heteroatoms. The lowest BCUT2D eigenvalue weighted by Gasteiger charge is -2.31. The molecule has 0 radical (unpaired) electrons.